The van der Waals surface area contributed by atoms with E-state index in [1.54, 1.807) is 0 Å². The first-order chi connectivity index (χ1) is 10.8. The van der Waals surface area contributed by atoms with Gasteiger partial charge in [0.25, 0.3) is 0 Å². The molecule has 0 bridgehead atoms. The molecule has 0 amide bonds. The van der Waals surface area contributed by atoms with E-state index in [9.17, 15) is 9.90 Å². The number of esters is 1. The van der Waals surface area contributed by atoms with Crippen LogP contribution in [0.1, 0.15) is 53.9 Å². The fraction of sp³-hybridized carbons (Fsp3) is 0.941. The van der Waals surface area contributed by atoms with E-state index in [0.717, 1.165) is 0 Å². The lowest BCUT2D eigenvalue weighted by molar-refractivity contribution is -0.257. The molecule has 1 saturated carbocycles. The molecule has 0 aromatic heterocycles. The van der Waals surface area contributed by atoms with E-state index in [4.69, 9.17) is 21.1 Å². The summed E-state index contributed by atoms with van der Waals surface area (Å²) in [4.78, 5) is 11.2. The minimum Gasteiger partial charge on any atom is -0.459 e. The molecule has 1 N–H and O–H groups in total. The van der Waals surface area contributed by atoms with Gasteiger partial charge in [-0.15, -0.1) is 11.6 Å². The third-order valence-corrected chi connectivity index (χ3v) is 9.07. The summed E-state index contributed by atoms with van der Waals surface area (Å²) >= 11 is 13.8. The van der Waals surface area contributed by atoms with Gasteiger partial charge in [0.2, 0.25) is 0 Å². The zero-order valence-electron chi connectivity index (χ0n) is 14.8. The lowest BCUT2D eigenvalue weighted by atomic mass is 9.67. The summed E-state index contributed by atoms with van der Waals surface area (Å²) in [5, 5.41) is 10.8. The van der Waals surface area contributed by atoms with Gasteiger partial charge in [-0.3, -0.25) is 4.79 Å². The predicted octanol–water partition coefficient (Wildman–Crippen LogP) is 4.17. The molecule has 1 aliphatic heterocycles. The Morgan fingerprint density at radius 2 is 1.79 bits per heavy atom. The molecule has 2 aliphatic rings. The van der Waals surface area contributed by atoms with Crippen LogP contribution < -0.4 is 0 Å². The van der Waals surface area contributed by atoms with Crippen LogP contribution in [0.3, 0.4) is 0 Å². The van der Waals surface area contributed by atoms with Crippen LogP contribution in [0.4, 0.5) is 0 Å². The van der Waals surface area contributed by atoms with Gasteiger partial charge in [0.15, 0.2) is 0 Å². The molecule has 1 heterocycles. The number of aliphatic hydroxyl groups is 1. The van der Waals surface area contributed by atoms with Crippen molar-refractivity contribution in [1.29, 1.82) is 0 Å². The largest absolute Gasteiger partial charge is 0.459 e. The first-order valence-electron chi connectivity index (χ1n) is 8.32. The van der Waals surface area contributed by atoms with E-state index >= 15 is 0 Å². The smallest absolute Gasteiger partial charge is 0.303 e. The highest BCUT2D eigenvalue weighted by atomic mass is 79.9. The number of aliphatic hydroxyl groups excluding tert-OH is 1. The van der Waals surface area contributed by atoms with Crippen LogP contribution in [-0.4, -0.2) is 49.0 Å². The normalized spacial score (nSPS) is 48.8. The lowest BCUT2D eigenvalue weighted by Crippen LogP contribution is -2.65. The average Bonchev–Trinajstić information content (AvgIpc) is 2.38. The third-order valence-electron chi connectivity index (χ3n) is 5.53. The molecule has 1 saturated heterocycles. The van der Waals surface area contributed by atoms with Crippen molar-refractivity contribution in [2.45, 2.75) is 91.8 Å². The van der Waals surface area contributed by atoms with E-state index in [0.29, 0.717) is 19.3 Å². The highest BCUT2D eigenvalue weighted by Gasteiger charge is 2.58. The second kappa shape index (κ2) is 6.99. The molecule has 2 rings (SSSR count). The molecule has 0 radical (unpaired) electrons. The van der Waals surface area contributed by atoms with Gasteiger partial charge in [0.1, 0.15) is 11.7 Å². The first kappa shape index (κ1) is 20.9. The van der Waals surface area contributed by atoms with Crippen molar-refractivity contribution >= 4 is 49.4 Å². The van der Waals surface area contributed by atoms with Gasteiger partial charge >= 0.3 is 5.97 Å². The fourth-order valence-electron chi connectivity index (χ4n) is 4.00. The highest BCUT2D eigenvalue weighted by molar-refractivity contribution is 9.09. The summed E-state index contributed by atoms with van der Waals surface area (Å²) in [7, 11) is 0. The molecule has 2 fully saturated rings. The van der Waals surface area contributed by atoms with E-state index in [2.05, 4.69) is 31.9 Å². The van der Waals surface area contributed by atoms with Crippen molar-refractivity contribution in [3.05, 3.63) is 0 Å². The summed E-state index contributed by atoms with van der Waals surface area (Å²) in [5.74, 6) is -0.519. The van der Waals surface area contributed by atoms with Crippen LogP contribution in [0, 0.1) is 5.92 Å². The van der Waals surface area contributed by atoms with E-state index in [1.807, 2.05) is 27.7 Å². The molecule has 0 spiro atoms. The quantitative estimate of drug-likeness (QED) is 0.466. The molecule has 0 aromatic carbocycles. The van der Waals surface area contributed by atoms with E-state index < -0.39 is 28.3 Å². The Balaban J connectivity index is 2.35. The average molecular weight is 491 g/mol. The highest BCUT2D eigenvalue weighted by Crippen LogP contribution is 2.51. The molecule has 7 atom stereocenters. The lowest BCUT2D eigenvalue weighted by Gasteiger charge is -2.56. The van der Waals surface area contributed by atoms with E-state index in [-0.39, 0.29) is 21.5 Å². The Labute approximate surface area is 166 Å². The SMILES string of the molecule is CC(=O)O[C@H]1C[C@H](Br)C(C)(C)O[C@@]1(C)[C@H]1C[C@@H](Br)[C@](C)(Cl)C[C@H]1O. The number of alkyl halides is 3. The van der Waals surface area contributed by atoms with Gasteiger partial charge in [0.05, 0.1) is 16.6 Å². The van der Waals surface area contributed by atoms with Crippen LogP contribution >= 0.6 is 43.5 Å². The van der Waals surface area contributed by atoms with Gasteiger partial charge < -0.3 is 14.6 Å². The van der Waals surface area contributed by atoms with Crippen molar-refractivity contribution < 1.29 is 19.4 Å². The summed E-state index contributed by atoms with van der Waals surface area (Å²) in [6.45, 7) is 9.32. The Morgan fingerprint density at radius 3 is 2.33 bits per heavy atom. The number of hydrogen-bond donors (Lipinski definition) is 1. The summed E-state index contributed by atoms with van der Waals surface area (Å²) in [6.07, 6.45) is 0.702. The zero-order valence-corrected chi connectivity index (χ0v) is 18.7. The summed E-state index contributed by atoms with van der Waals surface area (Å²) in [6, 6.07) is 0. The molecule has 1 aliphatic carbocycles. The Hall–Kier alpha value is 0.640. The van der Waals surface area contributed by atoms with Gasteiger partial charge in [-0.25, -0.2) is 0 Å². The second-order valence-electron chi connectivity index (χ2n) is 8.05. The third kappa shape index (κ3) is 3.98. The molecule has 0 unspecified atom stereocenters. The summed E-state index contributed by atoms with van der Waals surface area (Å²) in [5.41, 5.74) is -1.22. The monoisotopic (exact) mass is 488 g/mol. The number of ether oxygens (including phenoxy) is 2. The van der Waals surface area contributed by atoms with Crippen molar-refractivity contribution in [2.75, 3.05) is 0 Å². The van der Waals surface area contributed by atoms with Gasteiger partial charge in [0, 0.05) is 28.9 Å². The van der Waals surface area contributed by atoms with Crippen LogP contribution in [0.25, 0.3) is 0 Å². The number of rotatable bonds is 2. The molecule has 7 heteroatoms. The fourth-order valence-corrected chi connectivity index (χ4v) is 5.27. The van der Waals surface area contributed by atoms with Gasteiger partial charge in [-0.2, -0.15) is 0 Å². The van der Waals surface area contributed by atoms with E-state index in [1.165, 1.54) is 6.92 Å². The van der Waals surface area contributed by atoms with Gasteiger partial charge in [-0.05, 0) is 40.5 Å². The maximum absolute atomic E-state index is 11.6. The molecular weight excluding hydrogens is 463 g/mol. The Kier molecular flexibility index (Phi) is 6.10. The van der Waals surface area contributed by atoms with Crippen molar-refractivity contribution in [2.24, 2.45) is 5.92 Å². The summed E-state index contributed by atoms with van der Waals surface area (Å²) < 4.78 is 12.1. The minimum absolute atomic E-state index is 0.0447. The van der Waals surface area contributed by atoms with Gasteiger partial charge in [-0.1, -0.05) is 31.9 Å². The second-order valence-corrected chi connectivity index (χ2v) is 11.1. The van der Waals surface area contributed by atoms with Crippen LogP contribution in [0.2, 0.25) is 0 Å². The van der Waals surface area contributed by atoms with Crippen LogP contribution in [0.5, 0.6) is 0 Å². The standard InChI is InChI=1S/C17H27Br2ClO4/c1-9(21)23-14-7-12(18)15(2,3)24-17(14,5)10-6-13(19)16(4,20)8-11(10)22/h10-14,22H,6-8H2,1-5H3/t10-,11+,12-,13+,14-,16+,17-/m0/s1. The van der Waals surface area contributed by atoms with Crippen molar-refractivity contribution in [3.63, 3.8) is 0 Å². The Morgan fingerprint density at radius 1 is 1.21 bits per heavy atom. The molecule has 4 nitrogen and oxygen atoms in total. The molecular formula is C17H27Br2ClO4. The number of halogens is 3. The number of carbonyl (C=O) groups is 1. The van der Waals surface area contributed by atoms with Crippen molar-refractivity contribution in [1.82, 2.24) is 0 Å². The van der Waals surface area contributed by atoms with Crippen LogP contribution in [0.15, 0.2) is 0 Å². The number of hydrogen-bond acceptors (Lipinski definition) is 4. The maximum atomic E-state index is 11.6. The maximum Gasteiger partial charge on any atom is 0.303 e. The Bertz CT molecular complexity index is 499. The molecule has 0 aromatic rings. The molecule has 24 heavy (non-hydrogen) atoms. The zero-order chi connectivity index (χ0) is 18.5. The van der Waals surface area contributed by atoms with Crippen molar-refractivity contribution in [3.8, 4) is 0 Å². The minimum atomic E-state index is -0.779. The predicted molar refractivity (Wildman–Crippen MR) is 102 cm³/mol. The molecule has 140 valence electrons. The number of carbonyl (C=O) groups excluding carboxylic acids is 1. The topological polar surface area (TPSA) is 55.8 Å². The first-order valence-corrected chi connectivity index (χ1v) is 10.5. The van der Waals surface area contributed by atoms with Crippen LogP contribution in [-0.2, 0) is 14.3 Å².